The molecule has 0 bridgehead atoms. The second kappa shape index (κ2) is 6.90. The molecule has 1 saturated carbocycles. The molecule has 2 fully saturated rings. The number of H-pyrrole nitrogens is 1. The van der Waals surface area contributed by atoms with E-state index < -0.39 is 0 Å². The fraction of sp³-hybridized carbons (Fsp3) is 0.611. The van der Waals surface area contributed by atoms with Crippen molar-refractivity contribution in [2.75, 3.05) is 37.7 Å². The van der Waals surface area contributed by atoms with Crippen LogP contribution in [0.1, 0.15) is 44.1 Å². The van der Waals surface area contributed by atoms with E-state index in [0.717, 1.165) is 42.8 Å². The quantitative estimate of drug-likeness (QED) is 0.845. The average molecular weight is 343 g/mol. The molecule has 7 nitrogen and oxygen atoms in total. The molecule has 0 aromatic carbocycles. The van der Waals surface area contributed by atoms with Gasteiger partial charge in [0, 0.05) is 32.4 Å². The van der Waals surface area contributed by atoms with Gasteiger partial charge in [-0.3, -0.25) is 0 Å². The Labute approximate surface area is 147 Å². The van der Waals surface area contributed by atoms with Gasteiger partial charge in [0.1, 0.15) is 17.8 Å². The summed E-state index contributed by atoms with van der Waals surface area (Å²) >= 11 is 0. The lowest BCUT2D eigenvalue weighted by Gasteiger charge is -2.35. The second-order valence-corrected chi connectivity index (χ2v) is 6.88. The number of unbranched alkanes of at least 4 members (excludes halogenated alkanes) is 1. The Bertz CT molecular complexity index is 747. The predicted octanol–water partition coefficient (Wildman–Crippen LogP) is 2.89. The monoisotopic (exact) mass is 343 g/mol. The molecule has 4 rings (SSSR count). The van der Waals surface area contributed by atoms with Crippen molar-refractivity contribution in [3.8, 4) is 0 Å². The number of nitrogens with one attached hydrogen (secondary N) is 1. The van der Waals surface area contributed by atoms with Gasteiger partial charge in [0.05, 0.1) is 12.0 Å². The Morgan fingerprint density at radius 3 is 2.80 bits per heavy atom. The molecule has 0 spiro atoms. The van der Waals surface area contributed by atoms with E-state index in [2.05, 4.69) is 33.0 Å². The lowest BCUT2D eigenvalue weighted by atomic mass is 10.1. The number of fused-ring (bicyclic) bond motifs is 1. The molecule has 2 aliphatic rings. The van der Waals surface area contributed by atoms with Crippen LogP contribution in [0.25, 0.3) is 11.0 Å². The Hall–Kier alpha value is -2.31. The van der Waals surface area contributed by atoms with E-state index >= 15 is 0 Å². The maximum Gasteiger partial charge on any atom is 0.409 e. The highest BCUT2D eigenvalue weighted by Crippen LogP contribution is 2.44. The van der Waals surface area contributed by atoms with Crippen molar-refractivity contribution in [2.45, 2.75) is 38.5 Å². The normalized spacial score (nSPS) is 18.0. The van der Waals surface area contributed by atoms with E-state index in [4.69, 9.17) is 4.74 Å². The maximum absolute atomic E-state index is 12.1. The zero-order valence-corrected chi connectivity index (χ0v) is 14.7. The van der Waals surface area contributed by atoms with E-state index in [9.17, 15) is 4.79 Å². The summed E-state index contributed by atoms with van der Waals surface area (Å²) in [7, 11) is 0. The Morgan fingerprint density at radius 2 is 2.08 bits per heavy atom. The third-order valence-electron chi connectivity index (χ3n) is 5.06. The summed E-state index contributed by atoms with van der Waals surface area (Å²) in [6.45, 7) is 5.47. The molecule has 0 unspecified atom stereocenters. The number of amides is 1. The van der Waals surface area contributed by atoms with Crippen LogP contribution in [0.4, 0.5) is 10.6 Å². The van der Waals surface area contributed by atoms with Crippen LogP contribution in [0.3, 0.4) is 0 Å². The summed E-state index contributed by atoms with van der Waals surface area (Å²) < 4.78 is 5.32. The van der Waals surface area contributed by atoms with Crippen molar-refractivity contribution < 1.29 is 9.53 Å². The SMILES string of the molecule is CCCCOC(=O)N1CCN(c2ncnc3[nH]cc(C4CC4)c23)CC1. The number of ether oxygens (including phenoxy) is 1. The number of hydrogen-bond donors (Lipinski definition) is 1. The van der Waals surface area contributed by atoms with Gasteiger partial charge in [0.25, 0.3) is 0 Å². The molecule has 0 atom stereocenters. The molecular formula is C18H25N5O2. The Balaban J connectivity index is 1.45. The largest absolute Gasteiger partial charge is 0.449 e. The van der Waals surface area contributed by atoms with Gasteiger partial charge in [-0.1, -0.05) is 13.3 Å². The van der Waals surface area contributed by atoms with Gasteiger partial charge in [0.2, 0.25) is 0 Å². The van der Waals surface area contributed by atoms with Crippen molar-refractivity contribution in [1.82, 2.24) is 19.9 Å². The molecule has 1 amide bonds. The van der Waals surface area contributed by atoms with E-state index in [1.54, 1.807) is 11.2 Å². The summed E-state index contributed by atoms with van der Waals surface area (Å²) in [4.78, 5) is 28.4. The molecule has 1 aliphatic heterocycles. The standard InChI is InChI=1S/C18H25N5O2/c1-2-3-10-25-18(24)23-8-6-22(7-9-23)17-15-14(13-4-5-13)11-19-16(15)20-12-21-17/h11-13H,2-10H2,1H3,(H,19,20,21). The highest BCUT2D eigenvalue weighted by atomic mass is 16.6. The number of carbonyl (C=O) groups is 1. The molecule has 3 heterocycles. The number of aromatic nitrogens is 3. The van der Waals surface area contributed by atoms with Gasteiger partial charge in [0.15, 0.2) is 0 Å². The second-order valence-electron chi connectivity index (χ2n) is 6.88. The minimum absolute atomic E-state index is 0.193. The minimum Gasteiger partial charge on any atom is -0.449 e. The first-order valence-corrected chi connectivity index (χ1v) is 9.26. The molecule has 0 radical (unpaired) electrons. The first kappa shape index (κ1) is 16.2. The molecule has 1 saturated heterocycles. The number of rotatable bonds is 5. The first-order chi connectivity index (χ1) is 12.3. The maximum atomic E-state index is 12.1. The topological polar surface area (TPSA) is 74.3 Å². The third kappa shape index (κ3) is 3.27. The summed E-state index contributed by atoms with van der Waals surface area (Å²) in [5.41, 5.74) is 2.25. The van der Waals surface area contributed by atoms with Crippen molar-refractivity contribution in [1.29, 1.82) is 0 Å². The molecule has 1 N–H and O–H groups in total. The molecule has 2 aromatic rings. The van der Waals surface area contributed by atoms with Gasteiger partial charge in [-0.2, -0.15) is 0 Å². The molecule has 2 aromatic heterocycles. The van der Waals surface area contributed by atoms with Crippen LogP contribution in [-0.4, -0.2) is 58.7 Å². The molecule has 7 heteroatoms. The van der Waals surface area contributed by atoms with Gasteiger partial charge < -0.3 is 19.5 Å². The molecule has 1 aliphatic carbocycles. The number of aromatic amines is 1. The number of nitrogens with zero attached hydrogens (tertiary/aromatic N) is 4. The Kier molecular flexibility index (Phi) is 4.46. The summed E-state index contributed by atoms with van der Waals surface area (Å²) in [5, 5.41) is 1.16. The average Bonchev–Trinajstić information content (AvgIpc) is 3.40. The van der Waals surface area contributed by atoms with Gasteiger partial charge in [-0.15, -0.1) is 0 Å². The highest BCUT2D eigenvalue weighted by molar-refractivity contribution is 5.91. The van der Waals surface area contributed by atoms with Crippen molar-refractivity contribution in [3.05, 3.63) is 18.1 Å². The zero-order valence-electron chi connectivity index (χ0n) is 14.7. The van der Waals surface area contributed by atoms with E-state index in [-0.39, 0.29) is 6.09 Å². The molecular weight excluding hydrogens is 318 g/mol. The lowest BCUT2D eigenvalue weighted by Crippen LogP contribution is -2.49. The number of anilines is 1. The van der Waals surface area contributed by atoms with Gasteiger partial charge >= 0.3 is 6.09 Å². The molecule has 25 heavy (non-hydrogen) atoms. The van der Waals surface area contributed by atoms with Crippen LogP contribution in [0.2, 0.25) is 0 Å². The van der Waals surface area contributed by atoms with E-state index in [1.165, 1.54) is 18.4 Å². The lowest BCUT2D eigenvalue weighted by molar-refractivity contribution is 0.0989. The third-order valence-corrected chi connectivity index (χ3v) is 5.06. The number of piperazine rings is 1. The van der Waals surface area contributed by atoms with E-state index in [1.807, 2.05) is 0 Å². The smallest absolute Gasteiger partial charge is 0.409 e. The van der Waals surface area contributed by atoms with Gasteiger partial charge in [-0.25, -0.2) is 14.8 Å². The summed E-state index contributed by atoms with van der Waals surface area (Å²) in [6.07, 6.45) is 7.96. The molecule has 134 valence electrons. The van der Waals surface area contributed by atoms with Gasteiger partial charge in [-0.05, 0) is 30.7 Å². The Morgan fingerprint density at radius 1 is 1.28 bits per heavy atom. The highest BCUT2D eigenvalue weighted by Gasteiger charge is 2.30. The van der Waals surface area contributed by atoms with Crippen LogP contribution < -0.4 is 4.90 Å². The van der Waals surface area contributed by atoms with Crippen molar-refractivity contribution >= 4 is 22.9 Å². The van der Waals surface area contributed by atoms with Crippen LogP contribution in [0, 0.1) is 0 Å². The zero-order chi connectivity index (χ0) is 17.2. The summed E-state index contributed by atoms with van der Waals surface area (Å²) in [6, 6.07) is 0. The minimum atomic E-state index is -0.193. The number of carbonyl (C=O) groups excluding carboxylic acids is 1. The van der Waals surface area contributed by atoms with Crippen molar-refractivity contribution in [2.24, 2.45) is 0 Å². The summed E-state index contributed by atoms with van der Waals surface area (Å²) in [5.74, 6) is 1.64. The first-order valence-electron chi connectivity index (χ1n) is 9.26. The van der Waals surface area contributed by atoms with Crippen LogP contribution in [-0.2, 0) is 4.74 Å². The van der Waals surface area contributed by atoms with Crippen LogP contribution >= 0.6 is 0 Å². The predicted molar refractivity (Wildman–Crippen MR) is 95.9 cm³/mol. The van der Waals surface area contributed by atoms with E-state index in [0.29, 0.717) is 25.6 Å². The fourth-order valence-electron chi connectivity index (χ4n) is 3.42. The van der Waals surface area contributed by atoms with Crippen LogP contribution in [0.5, 0.6) is 0 Å². The fourth-order valence-corrected chi connectivity index (χ4v) is 3.42. The van der Waals surface area contributed by atoms with Crippen molar-refractivity contribution in [3.63, 3.8) is 0 Å². The number of hydrogen-bond acceptors (Lipinski definition) is 5. The van der Waals surface area contributed by atoms with Crippen LogP contribution in [0.15, 0.2) is 12.5 Å².